The summed E-state index contributed by atoms with van der Waals surface area (Å²) in [5, 5.41) is 9.84. The van der Waals surface area contributed by atoms with Crippen LogP contribution in [0.25, 0.3) is 21.5 Å². The highest BCUT2D eigenvalue weighted by Crippen LogP contribution is 2.24. The Kier molecular flexibility index (Phi) is 5.06. The van der Waals surface area contributed by atoms with Gasteiger partial charge in [-0.3, -0.25) is 14.6 Å². The molecule has 0 unspecified atom stereocenters. The van der Waals surface area contributed by atoms with Crippen LogP contribution in [0.5, 0.6) is 0 Å². The fraction of sp³-hybridized carbons (Fsp3) is 0. The number of carbonyl (C=O) groups is 2. The third kappa shape index (κ3) is 3.79. The standard InChI is InChI=1S/C27H19N3O2/c31-26(29-23-13-5-9-18-7-1-3-11-21(18)23)20-15-16-25(28-17-20)27(32)30-24-14-6-10-19-8-2-4-12-22(19)24/h1-17H,(H,29,31)(H,30,32). The highest BCUT2D eigenvalue weighted by molar-refractivity contribution is 6.10. The molecule has 2 N–H and O–H groups in total. The van der Waals surface area contributed by atoms with E-state index in [9.17, 15) is 9.59 Å². The van der Waals surface area contributed by atoms with Crippen molar-refractivity contribution in [2.75, 3.05) is 10.6 Å². The van der Waals surface area contributed by atoms with Crippen molar-refractivity contribution in [3.05, 3.63) is 115 Å². The summed E-state index contributed by atoms with van der Waals surface area (Å²) in [5.41, 5.74) is 2.05. The Morgan fingerprint density at radius 2 is 1.09 bits per heavy atom. The van der Waals surface area contributed by atoms with Gasteiger partial charge >= 0.3 is 0 Å². The van der Waals surface area contributed by atoms with Gasteiger partial charge < -0.3 is 10.6 Å². The molecule has 5 rings (SSSR count). The molecule has 2 amide bonds. The minimum atomic E-state index is -0.331. The molecule has 0 aliphatic heterocycles. The average Bonchev–Trinajstić information content (AvgIpc) is 2.84. The molecule has 0 atom stereocenters. The van der Waals surface area contributed by atoms with Crippen LogP contribution in [-0.4, -0.2) is 16.8 Å². The molecule has 4 aromatic carbocycles. The first-order chi connectivity index (χ1) is 15.7. The lowest BCUT2D eigenvalue weighted by molar-refractivity contribution is 0.101. The number of benzene rings is 4. The van der Waals surface area contributed by atoms with Crippen molar-refractivity contribution in [1.29, 1.82) is 0 Å². The lowest BCUT2D eigenvalue weighted by Gasteiger charge is -2.10. The number of hydrogen-bond donors (Lipinski definition) is 2. The summed E-state index contributed by atoms with van der Waals surface area (Å²) in [4.78, 5) is 29.6. The van der Waals surface area contributed by atoms with Gasteiger partial charge in [0.15, 0.2) is 0 Å². The summed E-state index contributed by atoms with van der Waals surface area (Å²) < 4.78 is 0. The van der Waals surface area contributed by atoms with Crippen LogP contribution in [0, 0.1) is 0 Å². The van der Waals surface area contributed by atoms with Crippen LogP contribution in [0.4, 0.5) is 11.4 Å². The minimum Gasteiger partial charge on any atom is -0.321 e. The maximum absolute atomic E-state index is 12.7. The zero-order chi connectivity index (χ0) is 21.9. The number of hydrogen-bond acceptors (Lipinski definition) is 3. The monoisotopic (exact) mass is 417 g/mol. The van der Waals surface area contributed by atoms with E-state index in [-0.39, 0.29) is 17.5 Å². The zero-order valence-corrected chi connectivity index (χ0v) is 17.1. The van der Waals surface area contributed by atoms with E-state index in [1.165, 1.54) is 6.20 Å². The van der Waals surface area contributed by atoms with E-state index in [1.807, 2.05) is 84.9 Å². The van der Waals surface area contributed by atoms with Crippen LogP contribution in [0.3, 0.4) is 0 Å². The molecule has 0 aliphatic rings. The van der Waals surface area contributed by atoms with Crippen molar-refractivity contribution in [2.24, 2.45) is 0 Å². The Balaban J connectivity index is 1.33. The van der Waals surface area contributed by atoms with E-state index in [4.69, 9.17) is 0 Å². The molecule has 0 spiro atoms. The number of nitrogens with one attached hydrogen (secondary N) is 2. The second-order valence-electron chi connectivity index (χ2n) is 7.39. The number of nitrogens with zero attached hydrogens (tertiary/aromatic N) is 1. The highest BCUT2D eigenvalue weighted by Gasteiger charge is 2.13. The van der Waals surface area contributed by atoms with Crippen molar-refractivity contribution in [3.8, 4) is 0 Å². The SMILES string of the molecule is O=C(Nc1cccc2ccccc12)c1ccc(C(=O)Nc2cccc3ccccc23)nc1. The minimum absolute atomic E-state index is 0.236. The van der Waals surface area contributed by atoms with Gasteiger partial charge in [0.1, 0.15) is 5.69 Å². The Morgan fingerprint density at radius 3 is 1.66 bits per heavy atom. The molecule has 1 aromatic heterocycles. The van der Waals surface area contributed by atoms with Gasteiger partial charge in [-0.2, -0.15) is 0 Å². The van der Waals surface area contributed by atoms with E-state index in [0.29, 0.717) is 11.3 Å². The van der Waals surface area contributed by atoms with Crippen LogP contribution >= 0.6 is 0 Å². The molecule has 0 saturated heterocycles. The van der Waals surface area contributed by atoms with Crippen molar-refractivity contribution in [1.82, 2.24) is 4.98 Å². The van der Waals surface area contributed by atoms with Crippen molar-refractivity contribution in [2.45, 2.75) is 0 Å². The number of carbonyl (C=O) groups excluding carboxylic acids is 2. The second-order valence-corrected chi connectivity index (χ2v) is 7.39. The molecule has 0 radical (unpaired) electrons. The summed E-state index contributed by atoms with van der Waals surface area (Å²) in [6.07, 6.45) is 1.42. The first-order valence-electron chi connectivity index (χ1n) is 10.2. The number of anilines is 2. The first-order valence-corrected chi connectivity index (χ1v) is 10.2. The summed E-state index contributed by atoms with van der Waals surface area (Å²) in [5.74, 6) is -0.614. The average molecular weight is 417 g/mol. The lowest BCUT2D eigenvalue weighted by atomic mass is 10.1. The van der Waals surface area contributed by atoms with Crippen molar-refractivity contribution < 1.29 is 9.59 Å². The van der Waals surface area contributed by atoms with Gasteiger partial charge in [-0.15, -0.1) is 0 Å². The molecule has 154 valence electrons. The predicted octanol–water partition coefficient (Wildman–Crippen LogP) is 5.89. The summed E-state index contributed by atoms with van der Waals surface area (Å²) >= 11 is 0. The molecular formula is C27H19N3O2. The Morgan fingerprint density at radius 1 is 0.562 bits per heavy atom. The Labute approximate surface area is 184 Å². The van der Waals surface area contributed by atoms with Gasteiger partial charge in [-0.05, 0) is 35.0 Å². The molecule has 0 aliphatic carbocycles. The highest BCUT2D eigenvalue weighted by atomic mass is 16.2. The van der Waals surface area contributed by atoms with Crippen LogP contribution in [0.2, 0.25) is 0 Å². The maximum atomic E-state index is 12.7. The Bertz CT molecular complexity index is 1340. The van der Waals surface area contributed by atoms with Gasteiger partial charge in [0.25, 0.3) is 11.8 Å². The normalized spacial score (nSPS) is 10.8. The van der Waals surface area contributed by atoms with Crippen molar-refractivity contribution >= 4 is 44.7 Å². The van der Waals surface area contributed by atoms with Crippen LogP contribution in [0.1, 0.15) is 20.8 Å². The second kappa shape index (κ2) is 8.32. The third-order valence-corrected chi connectivity index (χ3v) is 5.33. The van der Waals surface area contributed by atoms with E-state index < -0.39 is 0 Å². The molecule has 5 heteroatoms. The number of amides is 2. The number of fused-ring (bicyclic) bond motifs is 2. The predicted molar refractivity (Wildman–Crippen MR) is 128 cm³/mol. The van der Waals surface area contributed by atoms with Gasteiger partial charge in [-0.1, -0.05) is 72.8 Å². The lowest BCUT2D eigenvalue weighted by Crippen LogP contribution is -2.16. The van der Waals surface area contributed by atoms with E-state index in [2.05, 4.69) is 15.6 Å². The molecule has 0 fully saturated rings. The largest absolute Gasteiger partial charge is 0.321 e. The summed E-state index contributed by atoms with van der Waals surface area (Å²) in [7, 11) is 0. The zero-order valence-electron chi connectivity index (χ0n) is 17.1. The fourth-order valence-electron chi connectivity index (χ4n) is 3.71. The smallest absolute Gasteiger partial charge is 0.274 e. The molecule has 0 bridgehead atoms. The molecule has 5 nitrogen and oxygen atoms in total. The van der Waals surface area contributed by atoms with E-state index >= 15 is 0 Å². The quantitative estimate of drug-likeness (QED) is 0.383. The van der Waals surface area contributed by atoms with Gasteiger partial charge in [-0.25, -0.2) is 0 Å². The van der Waals surface area contributed by atoms with Gasteiger partial charge in [0, 0.05) is 28.3 Å². The molecule has 0 saturated carbocycles. The van der Waals surface area contributed by atoms with E-state index in [0.717, 1.165) is 27.2 Å². The molecular weight excluding hydrogens is 398 g/mol. The fourth-order valence-corrected chi connectivity index (χ4v) is 3.71. The van der Waals surface area contributed by atoms with Crippen molar-refractivity contribution in [3.63, 3.8) is 0 Å². The third-order valence-electron chi connectivity index (χ3n) is 5.33. The number of pyridine rings is 1. The summed E-state index contributed by atoms with van der Waals surface area (Å²) in [6.45, 7) is 0. The Hall–Kier alpha value is -4.51. The van der Waals surface area contributed by atoms with Gasteiger partial charge in [0.05, 0.1) is 5.56 Å². The van der Waals surface area contributed by atoms with E-state index in [1.54, 1.807) is 12.1 Å². The molecule has 1 heterocycles. The molecule has 5 aromatic rings. The van der Waals surface area contributed by atoms with Crippen LogP contribution < -0.4 is 10.6 Å². The van der Waals surface area contributed by atoms with Gasteiger partial charge in [0.2, 0.25) is 0 Å². The van der Waals surface area contributed by atoms with Crippen LogP contribution in [0.15, 0.2) is 103 Å². The topological polar surface area (TPSA) is 71.1 Å². The number of rotatable bonds is 4. The maximum Gasteiger partial charge on any atom is 0.274 e. The number of aromatic nitrogens is 1. The summed E-state index contributed by atoms with van der Waals surface area (Å²) in [6, 6.07) is 30.3. The van der Waals surface area contributed by atoms with Crippen LogP contribution in [-0.2, 0) is 0 Å². The molecule has 32 heavy (non-hydrogen) atoms. The first kappa shape index (κ1) is 19.5.